The number of nitrogens with one attached hydrogen (secondary N) is 1. The molecule has 0 aliphatic carbocycles. The molecule has 0 fully saturated rings. The van der Waals surface area contributed by atoms with Gasteiger partial charge < -0.3 is 10.1 Å². The van der Waals surface area contributed by atoms with Crippen LogP contribution >= 0.6 is 27.3 Å². The summed E-state index contributed by atoms with van der Waals surface area (Å²) in [4.78, 5) is 6.84. The van der Waals surface area contributed by atoms with Crippen molar-refractivity contribution in [3.63, 3.8) is 0 Å². The van der Waals surface area contributed by atoms with E-state index in [1.807, 2.05) is 26.0 Å². The number of aromatic nitrogens is 1. The third-order valence-electron chi connectivity index (χ3n) is 2.48. The Labute approximate surface area is 126 Å². The normalized spacial score (nSPS) is 10.8. The molecule has 5 heteroatoms. The van der Waals surface area contributed by atoms with Crippen LogP contribution in [0.4, 0.5) is 5.69 Å². The van der Waals surface area contributed by atoms with Crippen molar-refractivity contribution in [1.82, 2.24) is 4.98 Å². The van der Waals surface area contributed by atoms with Crippen molar-refractivity contribution in [3.05, 3.63) is 38.6 Å². The predicted octanol–water partition coefficient (Wildman–Crippen LogP) is 4.61. The van der Waals surface area contributed by atoms with Crippen molar-refractivity contribution in [2.24, 2.45) is 0 Å². The van der Waals surface area contributed by atoms with Crippen molar-refractivity contribution in [2.45, 2.75) is 33.4 Å². The van der Waals surface area contributed by atoms with Gasteiger partial charge in [-0.15, -0.1) is 11.3 Å². The molecule has 1 N–H and O–H groups in total. The van der Waals surface area contributed by atoms with Crippen molar-refractivity contribution in [1.29, 1.82) is 0 Å². The first-order chi connectivity index (χ1) is 9.06. The molecule has 0 unspecified atom stereocenters. The maximum Gasteiger partial charge on any atom is 0.237 e. The van der Waals surface area contributed by atoms with Crippen molar-refractivity contribution in [3.8, 4) is 5.88 Å². The second kappa shape index (κ2) is 6.39. The van der Waals surface area contributed by atoms with Gasteiger partial charge in [-0.3, -0.25) is 0 Å². The minimum Gasteiger partial charge on any atom is -0.473 e. The van der Waals surface area contributed by atoms with Gasteiger partial charge in [0.05, 0.1) is 11.8 Å². The zero-order valence-electron chi connectivity index (χ0n) is 11.2. The second-order valence-corrected chi connectivity index (χ2v) is 6.69. The summed E-state index contributed by atoms with van der Waals surface area (Å²) < 4.78 is 6.85. The maximum absolute atomic E-state index is 5.68. The molecule has 2 rings (SSSR count). The van der Waals surface area contributed by atoms with Crippen molar-refractivity contribution >= 4 is 33.0 Å². The highest BCUT2D eigenvalue weighted by atomic mass is 79.9. The Morgan fingerprint density at radius 3 is 2.89 bits per heavy atom. The molecule has 2 heterocycles. The molecule has 0 spiro atoms. The lowest BCUT2D eigenvalue weighted by Gasteiger charge is -2.13. The molecule has 0 radical (unpaired) electrons. The number of halogens is 1. The van der Waals surface area contributed by atoms with Gasteiger partial charge in [0.1, 0.15) is 0 Å². The molecular weight excluding hydrogens is 324 g/mol. The van der Waals surface area contributed by atoms with Crippen LogP contribution < -0.4 is 10.1 Å². The van der Waals surface area contributed by atoms with Crippen LogP contribution in [0.1, 0.15) is 23.6 Å². The van der Waals surface area contributed by atoms with Gasteiger partial charge in [0.15, 0.2) is 0 Å². The molecule has 0 aliphatic heterocycles. The van der Waals surface area contributed by atoms with Gasteiger partial charge in [-0.05, 0) is 54.9 Å². The Morgan fingerprint density at radius 1 is 1.47 bits per heavy atom. The summed E-state index contributed by atoms with van der Waals surface area (Å²) in [5, 5.41) is 3.38. The first-order valence-corrected chi connectivity index (χ1v) is 7.77. The third-order valence-corrected chi connectivity index (χ3v) is 4.62. The Hall–Kier alpha value is -1.07. The molecule has 0 aliphatic rings. The summed E-state index contributed by atoms with van der Waals surface area (Å²) in [5.74, 6) is 0.657. The maximum atomic E-state index is 5.68. The Balaban J connectivity index is 2.06. The van der Waals surface area contributed by atoms with Gasteiger partial charge in [-0.2, -0.15) is 0 Å². The van der Waals surface area contributed by atoms with E-state index < -0.39 is 0 Å². The summed E-state index contributed by atoms with van der Waals surface area (Å²) in [5.41, 5.74) is 0.929. The lowest BCUT2D eigenvalue weighted by molar-refractivity contribution is 0.234. The van der Waals surface area contributed by atoms with Gasteiger partial charge in [0.25, 0.3) is 0 Å². The van der Waals surface area contributed by atoms with E-state index in [9.17, 15) is 0 Å². The molecule has 0 bridgehead atoms. The quantitative estimate of drug-likeness (QED) is 0.862. The standard InChI is InChI=1S/C14H17BrN2OS/c1-9(2)18-14-13(5-4-6-16-14)17-8-11-7-12(15)10(3)19-11/h4-7,9,17H,8H2,1-3H3. The van der Waals surface area contributed by atoms with E-state index in [1.165, 1.54) is 14.2 Å². The van der Waals surface area contributed by atoms with Crippen LogP contribution in [-0.4, -0.2) is 11.1 Å². The fourth-order valence-corrected chi connectivity index (χ4v) is 3.17. The molecule has 2 aromatic rings. The molecular formula is C14H17BrN2OS. The number of ether oxygens (including phenoxy) is 1. The van der Waals surface area contributed by atoms with Gasteiger partial charge in [-0.1, -0.05) is 0 Å². The SMILES string of the molecule is Cc1sc(CNc2cccnc2OC(C)C)cc1Br. The summed E-state index contributed by atoms with van der Waals surface area (Å²) in [6.45, 7) is 6.88. The van der Waals surface area contributed by atoms with E-state index in [1.54, 1.807) is 17.5 Å². The summed E-state index contributed by atoms with van der Waals surface area (Å²) in [6, 6.07) is 6.04. The van der Waals surface area contributed by atoms with Crippen LogP contribution in [0.15, 0.2) is 28.9 Å². The van der Waals surface area contributed by atoms with Crippen LogP contribution in [0.25, 0.3) is 0 Å². The highest BCUT2D eigenvalue weighted by molar-refractivity contribution is 9.10. The third kappa shape index (κ3) is 3.94. The van der Waals surface area contributed by atoms with E-state index in [0.29, 0.717) is 5.88 Å². The lowest BCUT2D eigenvalue weighted by Crippen LogP contribution is -2.09. The smallest absolute Gasteiger partial charge is 0.237 e. The number of anilines is 1. The van der Waals surface area contributed by atoms with Gasteiger partial charge in [0, 0.05) is 27.0 Å². The Bertz CT molecular complexity index is 535. The number of hydrogen-bond donors (Lipinski definition) is 1. The van der Waals surface area contributed by atoms with Crippen LogP contribution in [0, 0.1) is 6.92 Å². The number of aryl methyl sites for hydroxylation is 1. The molecule has 0 aromatic carbocycles. The molecule has 19 heavy (non-hydrogen) atoms. The molecule has 0 saturated carbocycles. The van der Waals surface area contributed by atoms with E-state index >= 15 is 0 Å². The molecule has 3 nitrogen and oxygen atoms in total. The molecule has 0 saturated heterocycles. The first kappa shape index (κ1) is 14.3. The predicted molar refractivity (Wildman–Crippen MR) is 84.1 cm³/mol. The average molecular weight is 341 g/mol. The second-order valence-electron chi connectivity index (χ2n) is 4.49. The van der Waals surface area contributed by atoms with E-state index in [0.717, 1.165) is 12.2 Å². The molecule has 2 aromatic heterocycles. The van der Waals surface area contributed by atoms with E-state index in [4.69, 9.17) is 4.74 Å². The summed E-state index contributed by atoms with van der Waals surface area (Å²) >= 11 is 5.32. The first-order valence-electron chi connectivity index (χ1n) is 6.16. The number of nitrogens with zero attached hydrogens (tertiary/aromatic N) is 1. The summed E-state index contributed by atoms with van der Waals surface area (Å²) in [7, 11) is 0. The number of thiophene rings is 1. The fourth-order valence-electron chi connectivity index (χ4n) is 1.63. The van der Waals surface area contributed by atoms with Crippen LogP contribution in [-0.2, 0) is 6.54 Å². The molecule has 102 valence electrons. The Morgan fingerprint density at radius 2 is 2.26 bits per heavy atom. The largest absolute Gasteiger partial charge is 0.473 e. The fraction of sp³-hybridized carbons (Fsp3) is 0.357. The van der Waals surface area contributed by atoms with E-state index in [-0.39, 0.29) is 6.10 Å². The van der Waals surface area contributed by atoms with E-state index in [2.05, 4.69) is 39.2 Å². The highest BCUT2D eigenvalue weighted by Gasteiger charge is 2.08. The zero-order valence-corrected chi connectivity index (χ0v) is 13.6. The molecule has 0 amide bonds. The van der Waals surface area contributed by atoms with Gasteiger partial charge in [-0.25, -0.2) is 4.98 Å². The van der Waals surface area contributed by atoms with Crippen molar-refractivity contribution in [2.75, 3.05) is 5.32 Å². The minimum atomic E-state index is 0.119. The number of pyridine rings is 1. The minimum absolute atomic E-state index is 0.119. The van der Waals surface area contributed by atoms with Crippen LogP contribution in [0.5, 0.6) is 5.88 Å². The van der Waals surface area contributed by atoms with Crippen LogP contribution in [0.3, 0.4) is 0 Å². The summed E-state index contributed by atoms with van der Waals surface area (Å²) in [6.07, 6.45) is 1.86. The number of rotatable bonds is 5. The highest BCUT2D eigenvalue weighted by Crippen LogP contribution is 2.28. The topological polar surface area (TPSA) is 34.2 Å². The molecule has 0 atom stereocenters. The van der Waals surface area contributed by atoms with Crippen molar-refractivity contribution < 1.29 is 4.74 Å². The lowest BCUT2D eigenvalue weighted by atomic mass is 10.3. The monoisotopic (exact) mass is 340 g/mol. The average Bonchev–Trinajstić information content (AvgIpc) is 2.67. The van der Waals surface area contributed by atoms with Gasteiger partial charge >= 0.3 is 0 Å². The van der Waals surface area contributed by atoms with Crippen LogP contribution in [0.2, 0.25) is 0 Å². The Kier molecular flexibility index (Phi) is 4.82. The van der Waals surface area contributed by atoms with Gasteiger partial charge in [0.2, 0.25) is 5.88 Å². The number of hydrogen-bond acceptors (Lipinski definition) is 4. The zero-order chi connectivity index (χ0) is 13.8.